The molecule has 0 aliphatic heterocycles. The van der Waals surface area contributed by atoms with Crippen LogP contribution in [0, 0.1) is 0 Å². The number of fused-ring (bicyclic) bond motifs is 12. The molecule has 4 heterocycles. The molecule has 1 aliphatic carbocycles. The first-order chi connectivity index (χ1) is 13.9. The van der Waals surface area contributed by atoms with E-state index in [2.05, 4.69) is 51.8 Å². The summed E-state index contributed by atoms with van der Waals surface area (Å²) in [5.74, 6) is 0. The molecule has 0 saturated heterocycles. The van der Waals surface area contributed by atoms with Gasteiger partial charge in [-0.15, -0.1) is 0 Å². The summed E-state index contributed by atoms with van der Waals surface area (Å²) in [7, 11) is 0. The molecule has 0 N–H and O–H groups in total. The van der Waals surface area contributed by atoms with Gasteiger partial charge in [0.05, 0.1) is 17.2 Å². The van der Waals surface area contributed by atoms with Gasteiger partial charge >= 0.3 is 0 Å². The van der Waals surface area contributed by atoms with Gasteiger partial charge in [-0.05, 0) is 52.3 Å². The zero-order valence-electron chi connectivity index (χ0n) is 14.9. The summed E-state index contributed by atoms with van der Waals surface area (Å²) in [5, 5.41) is 3.59. The van der Waals surface area contributed by atoms with E-state index in [1.165, 1.54) is 33.0 Å². The topological polar surface area (TPSA) is 43.1 Å². The van der Waals surface area contributed by atoms with Crippen molar-refractivity contribution >= 4 is 38.5 Å². The van der Waals surface area contributed by atoms with Gasteiger partial charge in [-0.2, -0.15) is 0 Å². The van der Waals surface area contributed by atoms with Crippen LogP contribution in [0.1, 0.15) is 11.1 Å². The van der Waals surface area contributed by atoms with Crippen LogP contribution in [0.2, 0.25) is 0 Å². The Bertz CT molecular complexity index is 1590. The maximum absolute atomic E-state index is 5.02. The third-order valence-electron chi connectivity index (χ3n) is 5.96. The number of aromatic nitrogens is 4. The molecule has 0 radical (unpaired) electrons. The largest absolute Gasteiger partial charge is 0.274 e. The predicted octanol–water partition coefficient (Wildman–Crippen LogP) is 5.16. The van der Waals surface area contributed by atoms with E-state index in [0.717, 1.165) is 34.1 Å². The standard InChI is InChI=1S/C24H14N4/c1-2-5-15-14(4-1)12-19-16(15)7-8-17-18-6-3-10-26-23(18)28-21-13-25-11-9-20(21)27-24(28)22(17)19/h1-11,13H,12H2. The second kappa shape index (κ2) is 4.93. The second-order valence-electron chi connectivity index (χ2n) is 7.36. The zero-order valence-corrected chi connectivity index (χ0v) is 14.9. The van der Waals surface area contributed by atoms with Crippen molar-refractivity contribution in [3.05, 3.63) is 84.3 Å². The lowest BCUT2D eigenvalue weighted by molar-refractivity contribution is 1.21. The minimum Gasteiger partial charge on any atom is -0.274 e. The van der Waals surface area contributed by atoms with Crippen LogP contribution in [-0.4, -0.2) is 19.4 Å². The first-order valence-electron chi connectivity index (χ1n) is 9.43. The Labute approximate surface area is 160 Å². The number of benzene rings is 2. The van der Waals surface area contributed by atoms with Crippen molar-refractivity contribution in [3.63, 3.8) is 0 Å². The fraction of sp³-hybridized carbons (Fsp3) is 0.0417. The lowest BCUT2D eigenvalue weighted by Crippen LogP contribution is -1.96. The van der Waals surface area contributed by atoms with Crippen LogP contribution >= 0.6 is 0 Å². The molecular formula is C24H14N4. The Morgan fingerprint density at radius 1 is 0.786 bits per heavy atom. The molecule has 7 rings (SSSR count). The van der Waals surface area contributed by atoms with E-state index in [1.807, 2.05) is 24.5 Å². The summed E-state index contributed by atoms with van der Waals surface area (Å²) in [5.41, 5.74) is 9.23. The van der Waals surface area contributed by atoms with Crippen LogP contribution in [-0.2, 0) is 6.42 Å². The van der Waals surface area contributed by atoms with Gasteiger partial charge in [-0.3, -0.25) is 9.38 Å². The van der Waals surface area contributed by atoms with Crippen LogP contribution in [0.25, 0.3) is 49.6 Å². The van der Waals surface area contributed by atoms with Crippen molar-refractivity contribution in [2.45, 2.75) is 6.42 Å². The molecule has 2 aromatic carbocycles. The fourth-order valence-corrected chi connectivity index (χ4v) is 4.78. The lowest BCUT2D eigenvalue weighted by Gasteiger charge is -2.11. The summed E-state index contributed by atoms with van der Waals surface area (Å²) in [4.78, 5) is 14.1. The van der Waals surface area contributed by atoms with Crippen molar-refractivity contribution in [3.8, 4) is 11.1 Å². The van der Waals surface area contributed by atoms with E-state index in [4.69, 9.17) is 9.97 Å². The van der Waals surface area contributed by atoms with Gasteiger partial charge in [0, 0.05) is 23.2 Å². The smallest absolute Gasteiger partial charge is 0.147 e. The summed E-state index contributed by atoms with van der Waals surface area (Å²) in [6.07, 6.45) is 6.46. The molecule has 0 saturated carbocycles. The molecule has 28 heavy (non-hydrogen) atoms. The van der Waals surface area contributed by atoms with E-state index < -0.39 is 0 Å². The van der Waals surface area contributed by atoms with Gasteiger partial charge in [0.25, 0.3) is 0 Å². The van der Waals surface area contributed by atoms with Gasteiger partial charge in [0.15, 0.2) is 0 Å². The highest BCUT2D eigenvalue weighted by Crippen LogP contribution is 2.43. The maximum atomic E-state index is 5.02. The van der Waals surface area contributed by atoms with E-state index in [0.29, 0.717) is 0 Å². The SMILES string of the molecule is c1ccc2c(c1)Cc1c-2ccc2c3cccnc3n3c4cnccc4nc3c12. The maximum Gasteiger partial charge on any atom is 0.147 e. The van der Waals surface area contributed by atoms with Gasteiger partial charge in [-0.1, -0.05) is 36.4 Å². The summed E-state index contributed by atoms with van der Waals surface area (Å²) >= 11 is 0. The molecule has 0 amide bonds. The zero-order chi connectivity index (χ0) is 18.2. The Balaban J connectivity index is 1.79. The van der Waals surface area contributed by atoms with Crippen molar-refractivity contribution < 1.29 is 0 Å². The first-order valence-corrected chi connectivity index (χ1v) is 9.43. The predicted molar refractivity (Wildman–Crippen MR) is 112 cm³/mol. The number of hydrogen-bond acceptors (Lipinski definition) is 3. The average molecular weight is 358 g/mol. The Hall–Kier alpha value is -3.79. The van der Waals surface area contributed by atoms with Crippen LogP contribution in [0.5, 0.6) is 0 Å². The van der Waals surface area contributed by atoms with Crippen LogP contribution in [0.4, 0.5) is 0 Å². The highest BCUT2D eigenvalue weighted by atomic mass is 15.1. The van der Waals surface area contributed by atoms with Crippen molar-refractivity contribution in [1.82, 2.24) is 19.4 Å². The molecule has 0 bridgehead atoms. The molecule has 4 nitrogen and oxygen atoms in total. The van der Waals surface area contributed by atoms with Gasteiger partial charge in [0.1, 0.15) is 11.3 Å². The third kappa shape index (κ3) is 1.63. The Morgan fingerprint density at radius 3 is 2.75 bits per heavy atom. The molecule has 1 aliphatic rings. The molecule has 6 aromatic rings. The van der Waals surface area contributed by atoms with Crippen LogP contribution < -0.4 is 0 Å². The molecule has 0 unspecified atom stereocenters. The minimum atomic E-state index is 0.927. The molecule has 4 heteroatoms. The average Bonchev–Trinajstić information content (AvgIpc) is 3.32. The van der Waals surface area contributed by atoms with Crippen molar-refractivity contribution in [1.29, 1.82) is 0 Å². The normalized spacial score (nSPS) is 12.9. The second-order valence-corrected chi connectivity index (χ2v) is 7.36. The molecule has 4 aromatic heterocycles. The van der Waals surface area contributed by atoms with E-state index in [-0.39, 0.29) is 0 Å². The number of hydrogen-bond donors (Lipinski definition) is 0. The van der Waals surface area contributed by atoms with Crippen LogP contribution in [0.3, 0.4) is 0 Å². The molecule has 0 atom stereocenters. The number of nitrogens with zero attached hydrogens (tertiary/aromatic N) is 4. The Kier molecular flexibility index (Phi) is 2.51. The lowest BCUT2D eigenvalue weighted by atomic mass is 9.98. The third-order valence-corrected chi connectivity index (χ3v) is 5.96. The van der Waals surface area contributed by atoms with Crippen molar-refractivity contribution in [2.75, 3.05) is 0 Å². The fourth-order valence-electron chi connectivity index (χ4n) is 4.78. The highest BCUT2D eigenvalue weighted by Gasteiger charge is 2.24. The van der Waals surface area contributed by atoms with Gasteiger partial charge in [0.2, 0.25) is 0 Å². The summed E-state index contributed by atoms with van der Waals surface area (Å²) in [6.45, 7) is 0. The molecule has 130 valence electrons. The van der Waals surface area contributed by atoms with Gasteiger partial charge < -0.3 is 0 Å². The number of rotatable bonds is 0. The Morgan fingerprint density at radius 2 is 1.75 bits per heavy atom. The van der Waals surface area contributed by atoms with E-state index >= 15 is 0 Å². The number of imidazole rings is 1. The van der Waals surface area contributed by atoms with E-state index in [1.54, 1.807) is 6.20 Å². The first kappa shape index (κ1) is 14.3. The molecule has 0 spiro atoms. The van der Waals surface area contributed by atoms with Gasteiger partial charge in [-0.25, -0.2) is 9.97 Å². The monoisotopic (exact) mass is 358 g/mol. The van der Waals surface area contributed by atoms with E-state index in [9.17, 15) is 0 Å². The summed E-state index contributed by atoms with van der Waals surface area (Å²) < 4.78 is 2.17. The summed E-state index contributed by atoms with van der Waals surface area (Å²) in [6, 6.07) is 19.3. The molecule has 0 fully saturated rings. The minimum absolute atomic E-state index is 0.927. The van der Waals surface area contributed by atoms with Crippen molar-refractivity contribution in [2.24, 2.45) is 0 Å². The highest BCUT2D eigenvalue weighted by molar-refractivity contribution is 6.16. The van der Waals surface area contributed by atoms with Crippen LogP contribution in [0.15, 0.2) is 73.2 Å². The number of pyridine rings is 3. The quantitative estimate of drug-likeness (QED) is 0.352. The molecular weight excluding hydrogens is 344 g/mol.